The first kappa shape index (κ1) is 21.5. The quantitative estimate of drug-likeness (QED) is 0.684. The van der Waals surface area contributed by atoms with E-state index in [9.17, 15) is 14.4 Å². The molecule has 1 atom stereocenters. The Hall–Kier alpha value is -3.16. The van der Waals surface area contributed by atoms with Crippen LogP contribution in [0.5, 0.6) is 0 Å². The summed E-state index contributed by atoms with van der Waals surface area (Å²) in [5, 5.41) is 10.1. The summed E-state index contributed by atoms with van der Waals surface area (Å²) in [5.74, 6) is -0.391. The maximum Gasteiger partial charge on any atom is 0.325 e. The summed E-state index contributed by atoms with van der Waals surface area (Å²) >= 11 is 0. The first-order valence-corrected chi connectivity index (χ1v) is 10.2. The topological polar surface area (TPSA) is 96.3 Å². The molecule has 1 aliphatic rings. The van der Waals surface area contributed by atoms with E-state index in [4.69, 9.17) is 0 Å². The molecular formula is C22H29N5O3. The van der Waals surface area contributed by atoms with Gasteiger partial charge in [-0.3, -0.25) is 14.5 Å². The van der Waals surface area contributed by atoms with Crippen molar-refractivity contribution in [3.63, 3.8) is 0 Å². The highest BCUT2D eigenvalue weighted by Crippen LogP contribution is 2.26. The second-order valence-corrected chi connectivity index (χ2v) is 8.43. The maximum atomic E-state index is 12.8. The van der Waals surface area contributed by atoms with Crippen molar-refractivity contribution in [2.75, 3.05) is 11.9 Å². The Morgan fingerprint density at radius 1 is 1.20 bits per heavy atom. The number of para-hydroxylation sites is 1. The number of nitrogens with one attached hydrogen (secondary N) is 2. The minimum atomic E-state index is -0.967. The molecule has 0 spiro atoms. The van der Waals surface area contributed by atoms with Gasteiger partial charge >= 0.3 is 6.03 Å². The van der Waals surface area contributed by atoms with E-state index in [2.05, 4.69) is 29.6 Å². The fraction of sp³-hybridized carbons (Fsp3) is 0.455. The number of hydrogen-bond donors (Lipinski definition) is 2. The molecule has 2 N–H and O–H groups in total. The second kappa shape index (κ2) is 8.30. The lowest BCUT2D eigenvalue weighted by Crippen LogP contribution is -2.44. The average Bonchev–Trinajstić information content (AvgIpc) is 3.09. The van der Waals surface area contributed by atoms with Gasteiger partial charge in [-0.25, -0.2) is 9.48 Å². The number of urea groups is 1. The van der Waals surface area contributed by atoms with Crippen molar-refractivity contribution in [1.82, 2.24) is 20.0 Å². The molecule has 0 bridgehead atoms. The van der Waals surface area contributed by atoms with Gasteiger partial charge < -0.3 is 10.6 Å². The summed E-state index contributed by atoms with van der Waals surface area (Å²) in [6.07, 6.45) is 1.34. The minimum absolute atomic E-state index is 0.336. The lowest BCUT2D eigenvalue weighted by Gasteiger charge is -2.22. The molecule has 2 heterocycles. The number of amides is 4. The van der Waals surface area contributed by atoms with E-state index < -0.39 is 17.5 Å². The molecule has 8 nitrogen and oxygen atoms in total. The van der Waals surface area contributed by atoms with Gasteiger partial charge in [0.05, 0.1) is 22.8 Å². The molecule has 4 amide bonds. The molecule has 1 aromatic heterocycles. The third-order valence-electron chi connectivity index (χ3n) is 5.43. The molecule has 0 unspecified atom stereocenters. The molecule has 160 valence electrons. The number of hydrogen-bond acceptors (Lipinski definition) is 4. The summed E-state index contributed by atoms with van der Waals surface area (Å²) in [6.45, 7) is 9.17. The van der Waals surface area contributed by atoms with E-state index in [1.54, 1.807) is 18.5 Å². The molecule has 1 saturated heterocycles. The van der Waals surface area contributed by atoms with Crippen molar-refractivity contribution in [2.45, 2.75) is 53.0 Å². The van der Waals surface area contributed by atoms with Crippen LogP contribution in [0.1, 0.15) is 45.0 Å². The molecule has 0 radical (unpaired) electrons. The average molecular weight is 412 g/mol. The van der Waals surface area contributed by atoms with Crippen molar-refractivity contribution in [1.29, 1.82) is 0 Å². The van der Waals surface area contributed by atoms with Gasteiger partial charge in [-0.05, 0) is 51.7 Å². The third-order valence-corrected chi connectivity index (χ3v) is 5.43. The van der Waals surface area contributed by atoms with Crippen LogP contribution in [0.3, 0.4) is 0 Å². The van der Waals surface area contributed by atoms with Crippen LogP contribution in [0, 0.1) is 19.8 Å². The van der Waals surface area contributed by atoms with Crippen LogP contribution in [0.4, 0.5) is 10.5 Å². The van der Waals surface area contributed by atoms with Gasteiger partial charge in [0.1, 0.15) is 12.1 Å². The summed E-state index contributed by atoms with van der Waals surface area (Å²) in [5.41, 5.74) is 1.92. The standard InChI is InChI=1S/C22H29N5O3/c1-14(2)11-12-22(5)20(29)26(21(30)24-22)13-18(28)23-19-15(3)25-27(16(19)4)17-9-7-6-8-10-17/h6-10,14H,11-13H2,1-5H3,(H,23,28)(H,24,30)/t22-/m1/s1. The lowest BCUT2D eigenvalue weighted by molar-refractivity contribution is -0.133. The Labute approximate surface area is 176 Å². The molecule has 1 aliphatic heterocycles. The van der Waals surface area contributed by atoms with Gasteiger partial charge in [-0.15, -0.1) is 0 Å². The molecule has 30 heavy (non-hydrogen) atoms. The summed E-state index contributed by atoms with van der Waals surface area (Å²) < 4.78 is 1.75. The SMILES string of the molecule is Cc1nn(-c2ccccc2)c(C)c1NC(=O)CN1C(=O)N[C@](C)(CCC(C)C)C1=O. The number of carbonyl (C=O) groups is 3. The zero-order valence-electron chi connectivity index (χ0n) is 18.2. The number of aromatic nitrogens is 2. The van der Waals surface area contributed by atoms with E-state index in [1.165, 1.54) is 0 Å². The first-order valence-electron chi connectivity index (χ1n) is 10.2. The van der Waals surface area contributed by atoms with Crippen molar-refractivity contribution < 1.29 is 14.4 Å². The number of carbonyl (C=O) groups excluding carboxylic acids is 3. The van der Waals surface area contributed by atoms with Gasteiger partial charge in [0.25, 0.3) is 5.91 Å². The number of anilines is 1. The molecule has 1 fully saturated rings. The Morgan fingerprint density at radius 2 is 1.87 bits per heavy atom. The second-order valence-electron chi connectivity index (χ2n) is 8.43. The summed E-state index contributed by atoms with van der Waals surface area (Å²) in [4.78, 5) is 38.8. The predicted octanol–water partition coefficient (Wildman–Crippen LogP) is 3.17. The molecule has 0 aliphatic carbocycles. The lowest BCUT2D eigenvalue weighted by atomic mass is 9.92. The van der Waals surface area contributed by atoms with Crippen LogP contribution < -0.4 is 10.6 Å². The van der Waals surface area contributed by atoms with E-state index in [0.717, 1.165) is 22.7 Å². The van der Waals surface area contributed by atoms with Crippen molar-refractivity contribution in [3.05, 3.63) is 41.7 Å². The highest BCUT2D eigenvalue weighted by molar-refractivity contribution is 6.10. The van der Waals surface area contributed by atoms with Crippen molar-refractivity contribution >= 4 is 23.5 Å². The van der Waals surface area contributed by atoms with Crippen molar-refractivity contribution in [2.24, 2.45) is 5.92 Å². The van der Waals surface area contributed by atoms with Gasteiger partial charge in [0.15, 0.2) is 0 Å². The fourth-order valence-corrected chi connectivity index (χ4v) is 3.60. The molecule has 8 heteroatoms. The zero-order chi connectivity index (χ0) is 22.1. The summed E-state index contributed by atoms with van der Waals surface area (Å²) in [7, 11) is 0. The van der Waals surface area contributed by atoms with Crippen LogP contribution in [-0.4, -0.2) is 44.6 Å². The van der Waals surface area contributed by atoms with Crippen LogP contribution in [0.2, 0.25) is 0 Å². The fourth-order valence-electron chi connectivity index (χ4n) is 3.60. The highest BCUT2D eigenvalue weighted by Gasteiger charge is 2.47. The number of nitrogens with zero attached hydrogens (tertiary/aromatic N) is 3. The van der Waals surface area contributed by atoms with E-state index in [-0.39, 0.29) is 12.5 Å². The summed E-state index contributed by atoms with van der Waals surface area (Å²) in [6, 6.07) is 9.07. The van der Waals surface area contributed by atoms with Gasteiger partial charge in [0.2, 0.25) is 5.91 Å². The van der Waals surface area contributed by atoms with E-state index in [1.807, 2.05) is 37.3 Å². The van der Waals surface area contributed by atoms with Crippen LogP contribution in [-0.2, 0) is 9.59 Å². The smallest absolute Gasteiger partial charge is 0.323 e. The Morgan fingerprint density at radius 3 is 2.50 bits per heavy atom. The number of imide groups is 1. The number of aryl methyl sites for hydroxylation is 1. The third kappa shape index (κ3) is 4.22. The highest BCUT2D eigenvalue weighted by atomic mass is 16.2. The molecule has 1 aromatic carbocycles. The van der Waals surface area contributed by atoms with E-state index in [0.29, 0.717) is 23.7 Å². The predicted molar refractivity (Wildman–Crippen MR) is 114 cm³/mol. The Kier molecular flexibility index (Phi) is 5.96. The number of benzene rings is 1. The van der Waals surface area contributed by atoms with Crippen LogP contribution >= 0.6 is 0 Å². The normalized spacial score (nSPS) is 18.8. The largest absolute Gasteiger partial charge is 0.325 e. The van der Waals surface area contributed by atoms with Gasteiger partial charge in [0, 0.05) is 0 Å². The Bertz CT molecular complexity index is 967. The van der Waals surface area contributed by atoms with E-state index >= 15 is 0 Å². The zero-order valence-corrected chi connectivity index (χ0v) is 18.2. The van der Waals surface area contributed by atoms with Gasteiger partial charge in [-0.1, -0.05) is 32.0 Å². The van der Waals surface area contributed by atoms with Gasteiger partial charge in [-0.2, -0.15) is 5.10 Å². The molecule has 3 rings (SSSR count). The van der Waals surface area contributed by atoms with Crippen LogP contribution in [0.25, 0.3) is 5.69 Å². The molecule has 0 saturated carbocycles. The maximum absolute atomic E-state index is 12.8. The molecule has 2 aromatic rings. The minimum Gasteiger partial charge on any atom is -0.323 e. The van der Waals surface area contributed by atoms with Crippen LogP contribution in [0.15, 0.2) is 30.3 Å². The Balaban J connectivity index is 1.71. The van der Waals surface area contributed by atoms with Crippen molar-refractivity contribution in [3.8, 4) is 5.69 Å². The monoisotopic (exact) mass is 411 g/mol. The molecular weight excluding hydrogens is 382 g/mol. The first-order chi connectivity index (χ1) is 14.1. The number of rotatable bonds is 7.